The van der Waals surface area contributed by atoms with Gasteiger partial charge in [0.05, 0.1) is 0 Å². The van der Waals surface area contributed by atoms with Crippen LogP contribution in [0.4, 0.5) is 5.69 Å². The molecular formula is C13H10N2O2. The molecule has 3 rings (SSSR count). The van der Waals surface area contributed by atoms with Gasteiger partial charge in [-0.2, -0.15) is 0 Å². The van der Waals surface area contributed by atoms with Crippen LogP contribution in [-0.4, -0.2) is 10.1 Å². The minimum Gasteiger partial charge on any atom is -0.508 e. The molecule has 1 heterocycles. The van der Waals surface area contributed by atoms with Gasteiger partial charge in [-0.05, 0) is 36.4 Å². The van der Waals surface area contributed by atoms with E-state index in [4.69, 9.17) is 10.2 Å². The molecule has 0 radical (unpaired) electrons. The number of rotatable bonds is 1. The minimum absolute atomic E-state index is 0.176. The number of oxazole rings is 1. The van der Waals surface area contributed by atoms with Gasteiger partial charge >= 0.3 is 0 Å². The van der Waals surface area contributed by atoms with Gasteiger partial charge in [-0.15, -0.1) is 0 Å². The molecule has 0 aliphatic rings. The molecule has 0 unspecified atom stereocenters. The maximum absolute atomic E-state index is 9.35. The van der Waals surface area contributed by atoms with Gasteiger partial charge in [0.25, 0.3) is 0 Å². The Balaban J connectivity index is 2.14. The topological polar surface area (TPSA) is 72.3 Å². The van der Waals surface area contributed by atoms with Crippen molar-refractivity contribution in [2.75, 3.05) is 5.73 Å². The van der Waals surface area contributed by atoms with Crippen LogP contribution < -0.4 is 5.73 Å². The first-order valence-electron chi connectivity index (χ1n) is 5.18. The maximum Gasteiger partial charge on any atom is 0.227 e. The number of nitrogen functional groups attached to an aromatic ring is 1. The third kappa shape index (κ3) is 1.69. The number of fused-ring (bicyclic) bond motifs is 1. The second-order valence-electron chi connectivity index (χ2n) is 3.79. The molecule has 0 saturated heterocycles. The summed E-state index contributed by atoms with van der Waals surface area (Å²) >= 11 is 0. The van der Waals surface area contributed by atoms with Gasteiger partial charge in [0.15, 0.2) is 5.58 Å². The van der Waals surface area contributed by atoms with E-state index in [0.29, 0.717) is 22.7 Å². The van der Waals surface area contributed by atoms with Gasteiger partial charge in [-0.25, -0.2) is 4.98 Å². The van der Waals surface area contributed by atoms with Crippen LogP contribution in [0, 0.1) is 0 Å². The Kier molecular flexibility index (Phi) is 2.01. The van der Waals surface area contributed by atoms with Crippen molar-refractivity contribution in [3.05, 3.63) is 42.5 Å². The van der Waals surface area contributed by atoms with E-state index in [1.807, 2.05) is 12.1 Å². The highest BCUT2D eigenvalue weighted by molar-refractivity contribution is 5.77. The first-order chi connectivity index (χ1) is 8.22. The number of nitrogens with two attached hydrogens (primary N) is 1. The molecule has 0 bridgehead atoms. The van der Waals surface area contributed by atoms with E-state index in [-0.39, 0.29) is 5.75 Å². The fourth-order valence-electron chi connectivity index (χ4n) is 1.66. The molecule has 0 amide bonds. The number of benzene rings is 2. The van der Waals surface area contributed by atoms with Crippen molar-refractivity contribution in [3.8, 4) is 17.2 Å². The molecule has 0 atom stereocenters. The van der Waals surface area contributed by atoms with Gasteiger partial charge in [0.2, 0.25) is 5.89 Å². The fourth-order valence-corrected chi connectivity index (χ4v) is 1.66. The van der Waals surface area contributed by atoms with Crippen molar-refractivity contribution in [2.24, 2.45) is 0 Å². The van der Waals surface area contributed by atoms with Crippen molar-refractivity contribution in [1.29, 1.82) is 0 Å². The van der Waals surface area contributed by atoms with E-state index in [2.05, 4.69) is 4.98 Å². The molecule has 2 aromatic carbocycles. The lowest BCUT2D eigenvalue weighted by atomic mass is 10.2. The van der Waals surface area contributed by atoms with Gasteiger partial charge < -0.3 is 15.3 Å². The van der Waals surface area contributed by atoms with Crippen LogP contribution >= 0.6 is 0 Å². The summed E-state index contributed by atoms with van der Waals surface area (Å²) in [6.45, 7) is 0. The lowest BCUT2D eigenvalue weighted by molar-refractivity contribution is 0.476. The highest BCUT2D eigenvalue weighted by Crippen LogP contribution is 2.26. The van der Waals surface area contributed by atoms with E-state index in [0.717, 1.165) is 5.56 Å². The summed E-state index contributed by atoms with van der Waals surface area (Å²) in [6, 6.07) is 12.1. The van der Waals surface area contributed by atoms with E-state index in [1.54, 1.807) is 30.3 Å². The second-order valence-corrected chi connectivity index (χ2v) is 3.79. The molecule has 3 aromatic rings. The quantitative estimate of drug-likeness (QED) is 0.626. The van der Waals surface area contributed by atoms with Crippen LogP contribution in [0.15, 0.2) is 46.9 Å². The van der Waals surface area contributed by atoms with Crippen molar-refractivity contribution < 1.29 is 9.52 Å². The zero-order valence-electron chi connectivity index (χ0n) is 8.92. The predicted molar refractivity (Wildman–Crippen MR) is 65.5 cm³/mol. The average Bonchev–Trinajstić information content (AvgIpc) is 2.72. The molecule has 17 heavy (non-hydrogen) atoms. The molecular weight excluding hydrogens is 216 g/mol. The molecule has 0 saturated carbocycles. The standard InChI is InChI=1S/C13H10N2O2/c14-9-3-1-8(2-4-9)13-15-11-7-10(16)5-6-12(11)17-13/h1-7,16H,14H2. The lowest BCUT2D eigenvalue weighted by Gasteiger charge is -1.95. The number of aromatic hydroxyl groups is 1. The van der Waals surface area contributed by atoms with Crippen LogP contribution in [-0.2, 0) is 0 Å². The Morgan fingerprint density at radius 3 is 2.59 bits per heavy atom. The molecule has 0 spiro atoms. The molecule has 4 nitrogen and oxygen atoms in total. The second kappa shape index (κ2) is 3.52. The zero-order valence-corrected chi connectivity index (χ0v) is 8.92. The molecule has 1 aromatic heterocycles. The Morgan fingerprint density at radius 2 is 1.82 bits per heavy atom. The van der Waals surface area contributed by atoms with Crippen LogP contribution in [0.3, 0.4) is 0 Å². The molecule has 0 fully saturated rings. The van der Waals surface area contributed by atoms with Crippen molar-refractivity contribution in [2.45, 2.75) is 0 Å². The first kappa shape index (κ1) is 9.72. The van der Waals surface area contributed by atoms with Crippen LogP contribution in [0.2, 0.25) is 0 Å². The number of hydrogen-bond acceptors (Lipinski definition) is 4. The highest BCUT2D eigenvalue weighted by Gasteiger charge is 2.08. The summed E-state index contributed by atoms with van der Waals surface area (Å²) in [5, 5.41) is 9.35. The SMILES string of the molecule is Nc1ccc(-c2nc3cc(O)ccc3o2)cc1. The van der Waals surface area contributed by atoms with Gasteiger partial charge in [-0.1, -0.05) is 0 Å². The lowest BCUT2D eigenvalue weighted by Crippen LogP contribution is -1.83. The molecule has 4 heteroatoms. The summed E-state index contributed by atoms with van der Waals surface area (Å²) in [6.07, 6.45) is 0. The number of aromatic nitrogens is 1. The van der Waals surface area contributed by atoms with Gasteiger partial charge in [0, 0.05) is 17.3 Å². The summed E-state index contributed by atoms with van der Waals surface area (Å²) in [7, 11) is 0. The number of hydrogen-bond donors (Lipinski definition) is 2. The Bertz CT molecular complexity index is 671. The predicted octanol–water partition coefficient (Wildman–Crippen LogP) is 2.78. The smallest absolute Gasteiger partial charge is 0.227 e. The number of phenols is 1. The molecule has 0 aliphatic heterocycles. The summed E-state index contributed by atoms with van der Waals surface area (Å²) in [4.78, 5) is 4.31. The maximum atomic E-state index is 9.35. The van der Waals surface area contributed by atoms with E-state index < -0.39 is 0 Å². The minimum atomic E-state index is 0.176. The van der Waals surface area contributed by atoms with Crippen molar-refractivity contribution in [1.82, 2.24) is 4.98 Å². The van der Waals surface area contributed by atoms with E-state index in [1.165, 1.54) is 0 Å². The largest absolute Gasteiger partial charge is 0.508 e. The number of anilines is 1. The molecule has 0 aliphatic carbocycles. The highest BCUT2D eigenvalue weighted by atomic mass is 16.3. The third-order valence-corrected chi connectivity index (χ3v) is 2.53. The zero-order chi connectivity index (χ0) is 11.8. The Morgan fingerprint density at radius 1 is 1.06 bits per heavy atom. The Labute approximate surface area is 97.3 Å². The van der Waals surface area contributed by atoms with Crippen molar-refractivity contribution in [3.63, 3.8) is 0 Å². The summed E-state index contributed by atoms with van der Waals surface area (Å²) in [5.41, 5.74) is 8.45. The summed E-state index contributed by atoms with van der Waals surface area (Å²) in [5.74, 6) is 0.695. The van der Waals surface area contributed by atoms with E-state index >= 15 is 0 Å². The van der Waals surface area contributed by atoms with E-state index in [9.17, 15) is 5.11 Å². The van der Waals surface area contributed by atoms with Crippen LogP contribution in [0.5, 0.6) is 5.75 Å². The van der Waals surface area contributed by atoms with Gasteiger partial charge in [0.1, 0.15) is 11.3 Å². The third-order valence-electron chi connectivity index (χ3n) is 2.53. The molecule has 84 valence electrons. The summed E-state index contributed by atoms with van der Waals surface area (Å²) < 4.78 is 5.59. The van der Waals surface area contributed by atoms with Crippen LogP contribution in [0.1, 0.15) is 0 Å². The number of nitrogens with zero attached hydrogens (tertiary/aromatic N) is 1. The number of phenolic OH excluding ortho intramolecular Hbond substituents is 1. The van der Waals surface area contributed by atoms with Crippen LogP contribution in [0.25, 0.3) is 22.6 Å². The average molecular weight is 226 g/mol. The monoisotopic (exact) mass is 226 g/mol. The van der Waals surface area contributed by atoms with Crippen molar-refractivity contribution >= 4 is 16.8 Å². The normalized spacial score (nSPS) is 10.8. The molecule has 3 N–H and O–H groups in total. The van der Waals surface area contributed by atoms with Gasteiger partial charge in [-0.3, -0.25) is 0 Å². The first-order valence-corrected chi connectivity index (χ1v) is 5.18. The Hall–Kier alpha value is -2.49. The fraction of sp³-hybridized carbons (Fsp3) is 0.